The second-order valence-electron chi connectivity index (χ2n) is 2.09. The highest BCUT2D eigenvalue weighted by molar-refractivity contribution is 4.75. The van der Waals surface area contributed by atoms with Gasteiger partial charge in [0.25, 0.3) is 0 Å². The van der Waals surface area contributed by atoms with Gasteiger partial charge in [-0.25, -0.2) is 19.2 Å². The van der Waals surface area contributed by atoms with Crippen molar-refractivity contribution in [3.05, 3.63) is 41.9 Å². The Morgan fingerprint density at radius 3 is 1.17 bits per heavy atom. The van der Waals surface area contributed by atoms with E-state index in [2.05, 4.69) is 0 Å². The fourth-order valence-electron chi connectivity index (χ4n) is 0.943. The molecule has 0 aliphatic rings. The summed E-state index contributed by atoms with van der Waals surface area (Å²) in [5.41, 5.74) is -3.71. The van der Waals surface area contributed by atoms with Crippen LogP contribution in [0.25, 0.3) is 0 Å². The van der Waals surface area contributed by atoms with E-state index < -0.39 is 22.8 Å². The number of nitrogens with one attached hydrogen (secondary N) is 2. The number of hydrogen-bond acceptors (Lipinski definition) is 4. The van der Waals surface area contributed by atoms with E-state index in [0.29, 0.717) is 9.03 Å². The first-order valence-electron chi connectivity index (χ1n) is 2.91. The van der Waals surface area contributed by atoms with Crippen molar-refractivity contribution < 1.29 is 0 Å². The molecule has 2 N–H and O–H groups in total. The number of hydrogen-bond donors (Lipinski definition) is 2. The molecular weight excluding hydrogens is 168 g/mol. The maximum atomic E-state index is 10.8. The Kier molecular flexibility index (Phi) is 0.946. The minimum atomic E-state index is -0.927. The quantitative estimate of drug-likeness (QED) is 0.429. The normalized spacial score (nSPS) is 11.0. The van der Waals surface area contributed by atoms with Crippen LogP contribution in [0.3, 0.4) is 0 Å². The molecule has 0 amide bonds. The smallest absolute Gasteiger partial charge is 0.256 e. The maximum absolute atomic E-state index is 10.8. The molecule has 62 valence electrons. The van der Waals surface area contributed by atoms with Gasteiger partial charge in [-0.2, -0.15) is 0 Å². The molecule has 0 saturated heterocycles. The lowest BCUT2D eigenvalue weighted by molar-refractivity contribution is 0.768. The largest absolute Gasteiger partial charge is 0.353 e. The topological polar surface area (TPSA) is 109 Å². The van der Waals surface area contributed by atoms with Gasteiger partial charge >= 0.3 is 22.8 Å². The van der Waals surface area contributed by atoms with E-state index in [1.165, 1.54) is 0 Å². The van der Waals surface area contributed by atoms with Crippen molar-refractivity contribution in [1.29, 1.82) is 0 Å². The second kappa shape index (κ2) is 1.72. The van der Waals surface area contributed by atoms with E-state index >= 15 is 0 Å². The molecule has 0 aliphatic heterocycles. The molecule has 8 heteroatoms. The third-order valence-corrected chi connectivity index (χ3v) is 1.40. The molecule has 0 radical (unpaired) electrons. The fraction of sp³-hybridized carbons (Fsp3) is 0. The van der Waals surface area contributed by atoms with E-state index in [4.69, 9.17) is 0 Å². The van der Waals surface area contributed by atoms with Crippen molar-refractivity contribution >= 4 is 0 Å². The van der Waals surface area contributed by atoms with Crippen LogP contribution in [0.4, 0.5) is 0 Å². The van der Waals surface area contributed by atoms with Gasteiger partial charge in [0.05, 0.1) is 0 Å². The van der Waals surface area contributed by atoms with E-state index in [9.17, 15) is 19.2 Å². The first kappa shape index (κ1) is 6.58. The molecule has 0 aromatic carbocycles. The highest BCUT2D eigenvalue weighted by Crippen LogP contribution is 1.55. The summed E-state index contributed by atoms with van der Waals surface area (Å²) in [6, 6.07) is 0. The summed E-state index contributed by atoms with van der Waals surface area (Å²) in [5, 5.41) is 0. The Hall–Kier alpha value is -2.12. The lowest BCUT2D eigenvalue weighted by Crippen LogP contribution is -2.24. The van der Waals surface area contributed by atoms with Crippen LogP contribution in [-0.2, 0) is 0 Å². The highest BCUT2D eigenvalue weighted by Gasteiger charge is 2.09. The molecule has 2 aromatic rings. The van der Waals surface area contributed by atoms with Crippen LogP contribution in [0.15, 0.2) is 19.2 Å². The van der Waals surface area contributed by atoms with Gasteiger partial charge in [-0.3, -0.25) is 9.97 Å². The van der Waals surface area contributed by atoms with Gasteiger partial charge in [0, 0.05) is 0 Å². The van der Waals surface area contributed by atoms with Crippen molar-refractivity contribution in [2.24, 2.45) is 0 Å². The van der Waals surface area contributed by atoms with Crippen LogP contribution in [0.5, 0.6) is 0 Å². The summed E-state index contributed by atoms with van der Waals surface area (Å²) in [4.78, 5) is 46.6. The molecule has 8 nitrogen and oxygen atoms in total. The molecule has 0 bridgehead atoms. The first-order valence-corrected chi connectivity index (χ1v) is 2.91. The van der Waals surface area contributed by atoms with Gasteiger partial charge in [0.2, 0.25) is 0 Å². The van der Waals surface area contributed by atoms with Gasteiger partial charge < -0.3 is 0 Å². The molecule has 2 aromatic heterocycles. The first-order chi connectivity index (χ1) is 5.61. The zero-order chi connectivity index (χ0) is 8.88. The number of H-pyrrole nitrogens is 2. The number of fused-ring (bicyclic) bond motifs is 1. The van der Waals surface area contributed by atoms with E-state index in [-0.39, 0.29) is 0 Å². The van der Waals surface area contributed by atoms with Gasteiger partial charge in [-0.15, -0.1) is 9.03 Å². The molecular formula is C4H2N4O4. The molecule has 12 heavy (non-hydrogen) atoms. The van der Waals surface area contributed by atoms with E-state index in [1.807, 2.05) is 0 Å². The Balaban J connectivity index is 3.48. The number of aromatic amines is 2. The van der Waals surface area contributed by atoms with Crippen LogP contribution < -0.4 is 22.8 Å². The summed E-state index contributed by atoms with van der Waals surface area (Å²) >= 11 is 0. The van der Waals surface area contributed by atoms with Crippen LogP contribution >= 0.6 is 0 Å². The number of aromatic nitrogens is 4. The lowest BCUT2D eigenvalue weighted by Gasteiger charge is -1.72. The molecule has 2 rings (SSSR count). The standard InChI is InChI=1S/C4H2N4O4/c9-1-5-2(10)8-4(12)6-3(11)7(1)8/h(H,5,9,10)(H,6,11,12). The summed E-state index contributed by atoms with van der Waals surface area (Å²) in [6.45, 7) is 0. The lowest BCUT2D eigenvalue weighted by atomic mass is 11.1. The number of nitrogens with zero attached hydrogens (tertiary/aromatic N) is 2. The molecule has 0 atom stereocenters. The molecule has 0 spiro atoms. The van der Waals surface area contributed by atoms with Crippen LogP contribution in [-0.4, -0.2) is 19.0 Å². The average Bonchev–Trinajstić information content (AvgIpc) is 2.38. The van der Waals surface area contributed by atoms with Crippen molar-refractivity contribution in [3.8, 4) is 0 Å². The third kappa shape index (κ3) is 0.557. The molecule has 0 aliphatic carbocycles. The van der Waals surface area contributed by atoms with E-state index in [1.54, 1.807) is 9.97 Å². The molecule has 0 fully saturated rings. The monoisotopic (exact) mass is 170 g/mol. The van der Waals surface area contributed by atoms with Gasteiger partial charge in [-0.05, 0) is 0 Å². The summed E-state index contributed by atoms with van der Waals surface area (Å²) in [6.07, 6.45) is 0. The van der Waals surface area contributed by atoms with Crippen molar-refractivity contribution in [2.75, 3.05) is 0 Å². The highest BCUT2D eigenvalue weighted by atomic mass is 16.2. The average molecular weight is 170 g/mol. The second-order valence-corrected chi connectivity index (χ2v) is 2.09. The maximum Gasteiger partial charge on any atom is 0.353 e. The molecule has 2 heterocycles. The summed E-state index contributed by atoms with van der Waals surface area (Å²) < 4.78 is 0.787. The van der Waals surface area contributed by atoms with E-state index in [0.717, 1.165) is 0 Å². The van der Waals surface area contributed by atoms with Crippen LogP contribution in [0.1, 0.15) is 0 Å². The fourth-order valence-corrected chi connectivity index (χ4v) is 0.943. The number of rotatable bonds is 0. The minimum Gasteiger partial charge on any atom is -0.256 e. The summed E-state index contributed by atoms with van der Waals surface area (Å²) in [5.74, 6) is 0. The third-order valence-electron chi connectivity index (χ3n) is 1.40. The molecule has 0 unspecified atom stereocenters. The molecule has 0 saturated carbocycles. The van der Waals surface area contributed by atoms with Gasteiger partial charge in [-0.1, -0.05) is 0 Å². The van der Waals surface area contributed by atoms with Crippen LogP contribution in [0.2, 0.25) is 0 Å². The summed E-state index contributed by atoms with van der Waals surface area (Å²) in [7, 11) is 0. The van der Waals surface area contributed by atoms with Crippen molar-refractivity contribution in [2.45, 2.75) is 0 Å². The van der Waals surface area contributed by atoms with Gasteiger partial charge in [0.15, 0.2) is 0 Å². The SMILES string of the molecule is O=c1[nH]c(=O)n2c(=O)[nH]c(=O)n12. The van der Waals surface area contributed by atoms with Crippen LogP contribution in [0, 0.1) is 0 Å². The Bertz CT molecular complexity index is 532. The zero-order valence-electron chi connectivity index (χ0n) is 5.53. The van der Waals surface area contributed by atoms with Crippen molar-refractivity contribution in [3.63, 3.8) is 0 Å². The van der Waals surface area contributed by atoms with Gasteiger partial charge in [0.1, 0.15) is 0 Å². The Morgan fingerprint density at radius 2 is 0.917 bits per heavy atom. The predicted octanol–water partition coefficient (Wildman–Crippen LogP) is -3.43. The van der Waals surface area contributed by atoms with Crippen molar-refractivity contribution in [1.82, 2.24) is 19.0 Å². The zero-order valence-corrected chi connectivity index (χ0v) is 5.53. The predicted molar refractivity (Wildman–Crippen MR) is 35.8 cm³/mol. The Morgan fingerprint density at radius 1 is 0.667 bits per heavy atom. The Labute approximate surface area is 62.0 Å². The minimum absolute atomic E-state index is 0.394.